The van der Waals surface area contributed by atoms with Crippen LogP contribution in [-0.2, 0) is 5.41 Å². The Morgan fingerprint density at radius 2 is 2.00 bits per heavy atom. The molecule has 1 aliphatic rings. The van der Waals surface area contributed by atoms with Crippen LogP contribution in [0.15, 0.2) is 0 Å². The third-order valence-electron chi connectivity index (χ3n) is 3.99. The highest BCUT2D eigenvalue weighted by Crippen LogP contribution is 2.23. The molecule has 1 aromatic rings. The van der Waals surface area contributed by atoms with Crippen LogP contribution in [-0.4, -0.2) is 39.1 Å². The Kier molecular flexibility index (Phi) is 4.45. The van der Waals surface area contributed by atoms with E-state index in [1.807, 2.05) is 4.90 Å². The quantitative estimate of drug-likeness (QED) is 0.924. The summed E-state index contributed by atoms with van der Waals surface area (Å²) in [5.41, 5.74) is -0.111. The highest BCUT2D eigenvalue weighted by Gasteiger charge is 2.27. The zero-order valence-corrected chi connectivity index (χ0v) is 13.1. The number of aromatic amines is 1. The normalized spacial score (nSPS) is 17.5. The summed E-state index contributed by atoms with van der Waals surface area (Å²) in [5, 5.41) is 6.97. The third-order valence-corrected chi connectivity index (χ3v) is 3.99. The second kappa shape index (κ2) is 5.94. The second-order valence-corrected chi connectivity index (χ2v) is 6.78. The summed E-state index contributed by atoms with van der Waals surface area (Å²) in [6, 6.07) is 0. The van der Waals surface area contributed by atoms with Crippen molar-refractivity contribution in [2.75, 3.05) is 13.1 Å². The van der Waals surface area contributed by atoms with Crippen LogP contribution < -0.4 is 0 Å². The number of H-pyrrole nitrogens is 1. The van der Waals surface area contributed by atoms with E-state index in [2.05, 4.69) is 42.9 Å². The largest absolute Gasteiger partial charge is 0.336 e. The number of nitrogens with zero attached hydrogens (tertiary/aromatic N) is 3. The van der Waals surface area contributed by atoms with Crippen LogP contribution in [0.4, 0.5) is 0 Å². The van der Waals surface area contributed by atoms with Crippen molar-refractivity contribution in [1.82, 2.24) is 20.1 Å². The maximum absolute atomic E-state index is 12.4. The molecule has 2 rings (SSSR count). The number of aromatic nitrogens is 3. The molecule has 0 aliphatic carbocycles. The predicted octanol–water partition coefficient (Wildman–Crippen LogP) is 2.75. The molecule has 2 heterocycles. The van der Waals surface area contributed by atoms with E-state index in [9.17, 15) is 4.79 Å². The minimum atomic E-state index is -0.111. The number of carbonyl (C=O) groups excluding carboxylic acids is 1. The van der Waals surface area contributed by atoms with Crippen molar-refractivity contribution >= 4 is 5.91 Å². The van der Waals surface area contributed by atoms with E-state index in [0.29, 0.717) is 5.82 Å². The van der Waals surface area contributed by atoms with Gasteiger partial charge < -0.3 is 4.90 Å². The lowest BCUT2D eigenvalue weighted by Crippen LogP contribution is -2.39. The SMILES string of the molecule is CCCC1CCN(C(=O)c2n[nH]c(C(C)(C)C)n2)CC1. The maximum atomic E-state index is 12.4. The number of rotatable bonds is 3. The Bertz CT molecular complexity index is 453. The molecule has 1 saturated heterocycles. The molecule has 0 unspecified atom stereocenters. The molecule has 0 radical (unpaired) electrons. The maximum Gasteiger partial charge on any atom is 0.293 e. The first-order valence-corrected chi connectivity index (χ1v) is 7.64. The standard InChI is InChI=1S/C15H26N4O/c1-5-6-11-7-9-19(10-8-11)13(20)12-16-14(18-17-12)15(2,3)4/h11H,5-10H2,1-4H3,(H,16,17,18). The van der Waals surface area contributed by atoms with E-state index in [1.165, 1.54) is 12.8 Å². The van der Waals surface area contributed by atoms with E-state index in [-0.39, 0.29) is 11.3 Å². The number of amides is 1. The molecule has 112 valence electrons. The molecular formula is C15H26N4O. The van der Waals surface area contributed by atoms with Gasteiger partial charge in [0.1, 0.15) is 5.82 Å². The van der Waals surface area contributed by atoms with E-state index in [1.54, 1.807) is 0 Å². The summed E-state index contributed by atoms with van der Waals surface area (Å²) in [7, 11) is 0. The molecule has 0 aromatic carbocycles. The van der Waals surface area contributed by atoms with Crippen LogP contribution in [0.3, 0.4) is 0 Å². The van der Waals surface area contributed by atoms with Crippen molar-refractivity contribution in [2.45, 2.75) is 58.8 Å². The lowest BCUT2D eigenvalue weighted by molar-refractivity contribution is 0.0674. The number of likely N-dealkylation sites (tertiary alicyclic amines) is 1. The number of hydrogen-bond donors (Lipinski definition) is 1. The van der Waals surface area contributed by atoms with Gasteiger partial charge in [0, 0.05) is 18.5 Å². The zero-order chi connectivity index (χ0) is 14.8. The highest BCUT2D eigenvalue weighted by atomic mass is 16.2. The van der Waals surface area contributed by atoms with Gasteiger partial charge in [0.25, 0.3) is 5.91 Å². The predicted molar refractivity (Wildman–Crippen MR) is 78.6 cm³/mol. The van der Waals surface area contributed by atoms with Gasteiger partial charge in [0.05, 0.1) is 0 Å². The molecule has 0 atom stereocenters. The average molecular weight is 278 g/mol. The summed E-state index contributed by atoms with van der Waals surface area (Å²) in [5.74, 6) is 1.82. The van der Waals surface area contributed by atoms with Gasteiger partial charge >= 0.3 is 0 Å². The van der Waals surface area contributed by atoms with Gasteiger partial charge in [-0.1, -0.05) is 40.5 Å². The molecule has 5 heteroatoms. The fraction of sp³-hybridized carbons (Fsp3) is 0.800. The summed E-state index contributed by atoms with van der Waals surface area (Å²) in [4.78, 5) is 18.6. The van der Waals surface area contributed by atoms with Gasteiger partial charge in [-0.05, 0) is 18.8 Å². The molecule has 5 nitrogen and oxygen atoms in total. The Labute approximate surface area is 121 Å². The molecule has 1 N–H and O–H groups in total. The third kappa shape index (κ3) is 3.38. The molecule has 0 spiro atoms. The second-order valence-electron chi connectivity index (χ2n) is 6.78. The van der Waals surface area contributed by atoms with Crippen LogP contribution in [0.2, 0.25) is 0 Å². The first-order chi connectivity index (χ1) is 9.41. The van der Waals surface area contributed by atoms with Crippen molar-refractivity contribution in [3.05, 3.63) is 11.6 Å². The fourth-order valence-corrected chi connectivity index (χ4v) is 2.67. The van der Waals surface area contributed by atoms with Crippen LogP contribution in [0.5, 0.6) is 0 Å². The van der Waals surface area contributed by atoms with E-state index >= 15 is 0 Å². The number of carbonyl (C=O) groups is 1. The molecule has 20 heavy (non-hydrogen) atoms. The fourth-order valence-electron chi connectivity index (χ4n) is 2.67. The molecular weight excluding hydrogens is 252 g/mol. The van der Waals surface area contributed by atoms with Gasteiger partial charge in [0.2, 0.25) is 5.82 Å². The lowest BCUT2D eigenvalue weighted by atomic mass is 9.92. The first-order valence-electron chi connectivity index (χ1n) is 7.64. The Morgan fingerprint density at radius 3 is 2.50 bits per heavy atom. The van der Waals surface area contributed by atoms with Crippen LogP contribution in [0, 0.1) is 5.92 Å². The molecule has 0 saturated carbocycles. The van der Waals surface area contributed by atoms with Gasteiger partial charge in [-0.15, -0.1) is 5.10 Å². The lowest BCUT2D eigenvalue weighted by Gasteiger charge is -2.31. The van der Waals surface area contributed by atoms with E-state index in [0.717, 1.165) is 37.7 Å². The summed E-state index contributed by atoms with van der Waals surface area (Å²) >= 11 is 0. The highest BCUT2D eigenvalue weighted by molar-refractivity contribution is 5.90. The van der Waals surface area contributed by atoms with Crippen LogP contribution in [0.1, 0.15) is 69.8 Å². The van der Waals surface area contributed by atoms with Crippen molar-refractivity contribution in [1.29, 1.82) is 0 Å². The molecule has 1 aliphatic heterocycles. The minimum absolute atomic E-state index is 0.0355. The van der Waals surface area contributed by atoms with Gasteiger partial charge in [-0.3, -0.25) is 9.89 Å². The average Bonchev–Trinajstić information content (AvgIpc) is 2.89. The van der Waals surface area contributed by atoms with Crippen molar-refractivity contribution < 1.29 is 4.79 Å². The number of hydrogen-bond acceptors (Lipinski definition) is 3. The van der Waals surface area contributed by atoms with Crippen LogP contribution >= 0.6 is 0 Å². The van der Waals surface area contributed by atoms with Gasteiger partial charge in [-0.2, -0.15) is 0 Å². The monoisotopic (exact) mass is 278 g/mol. The molecule has 1 fully saturated rings. The molecule has 0 bridgehead atoms. The zero-order valence-electron chi connectivity index (χ0n) is 13.1. The van der Waals surface area contributed by atoms with E-state index < -0.39 is 0 Å². The van der Waals surface area contributed by atoms with Crippen molar-refractivity contribution in [2.24, 2.45) is 5.92 Å². The summed E-state index contributed by atoms with van der Waals surface area (Å²) in [6.45, 7) is 10.1. The molecule has 1 amide bonds. The number of piperidine rings is 1. The topological polar surface area (TPSA) is 61.9 Å². The van der Waals surface area contributed by atoms with E-state index in [4.69, 9.17) is 0 Å². The summed E-state index contributed by atoms with van der Waals surface area (Å²) < 4.78 is 0. The Hall–Kier alpha value is -1.39. The smallest absolute Gasteiger partial charge is 0.293 e. The Morgan fingerprint density at radius 1 is 1.35 bits per heavy atom. The van der Waals surface area contributed by atoms with Gasteiger partial charge in [-0.25, -0.2) is 4.98 Å². The first kappa shape index (κ1) is 15.0. The van der Waals surface area contributed by atoms with Crippen LogP contribution in [0.25, 0.3) is 0 Å². The summed E-state index contributed by atoms with van der Waals surface area (Å²) in [6.07, 6.45) is 4.72. The minimum Gasteiger partial charge on any atom is -0.336 e. The van der Waals surface area contributed by atoms with Crippen molar-refractivity contribution in [3.63, 3.8) is 0 Å². The van der Waals surface area contributed by atoms with Gasteiger partial charge in [0.15, 0.2) is 0 Å². The Balaban J connectivity index is 1.97. The molecule has 1 aromatic heterocycles. The van der Waals surface area contributed by atoms with Crippen molar-refractivity contribution in [3.8, 4) is 0 Å². The number of nitrogens with one attached hydrogen (secondary N) is 1.